The maximum Gasteiger partial charge on any atom is 0.128 e. The van der Waals surface area contributed by atoms with E-state index < -0.39 is 0 Å². The Morgan fingerprint density at radius 2 is 2.13 bits per heavy atom. The average molecular weight is 207 g/mol. The third-order valence-corrected chi connectivity index (χ3v) is 3.05. The van der Waals surface area contributed by atoms with E-state index in [1.807, 2.05) is 18.2 Å². The van der Waals surface area contributed by atoms with Crippen LogP contribution in [-0.2, 0) is 0 Å². The van der Waals surface area contributed by atoms with Crippen molar-refractivity contribution in [3.63, 3.8) is 0 Å². The Morgan fingerprint density at radius 1 is 1.40 bits per heavy atom. The van der Waals surface area contributed by atoms with Crippen molar-refractivity contribution < 1.29 is 5.11 Å². The number of aliphatic hydroxyl groups excluding tert-OH is 1. The molecule has 4 heteroatoms. The fraction of sp³-hybridized carbons (Fsp3) is 0.545. The highest BCUT2D eigenvalue weighted by molar-refractivity contribution is 5.38. The molecule has 2 heterocycles. The molecule has 1 saturated heterocycles. The molecule has 0 bridgehead atoms. The quantitative estimate of drug-likeness (QED) is 0.735. The molecule has 1 aliphatic heterocycles. The maximum atomic E-state index is 9.15. The van der Waals surface area contributed by atoms with E-state index in [-0.39, 0.29) is 12.1 Å². The van der Waals surface area contributed by atoms with E-state index in [1.54, 1.807) is 6.20 Å². The molecule has 3 N–H and O–H groups in total. The van der Waals surface area contributed by atoms with E-state index in [9.17, 15) is 0 Å². The van der Waals surface area contributed by atoms with E-state index in [0.717, 1.165) is 31.7 Å². The van der Waals surface area contributed by atoms with Crippen molar-refractivity contribution in [3.05, 3.63) is 24.4 Å². The van der Waals surface area contributed by atoms with Crippen LogP contribution < -0.4 is 10.6 Å². The standard InChI is InChI=1S/C11H17N3O/c12-11(9-15)4-7-14(8-5-11)10-3-1-2-6-13-10/h1-3,6,15H,4-5,7-9,12H2. The molecule has 15 heavy (non-hydrogen) atoms. The second-order valence-corrected chi connectivity index (χ2v) is 4.20. The predicted molar refractivity (Wildman–Crippen MR) is 59.7 cm³/mol. The summed E-state index contributed by atoms with van der Waals surface area (Å²) in [6, 6.07) is 5.90. The first kappa shape index (κ1) is 10.4. The van der Waals surface area contributed by atoms with E-state index in [4.69, 9.17) is 10.8 Å². The van der Waals surface area contributed by atoms with E-state index in [1.165, 1.54) is 0 Å². The van der Waals surface area contributed by atoms with Crippen LogP contribution in [0.15, 0.2) is 24.4 Å². The number of anilines is 1. The number of pyridine rings is 1. The molecule has 0 spiro atoms. The maximum absolute atomic E-state index is 9.15. The summed E-state index contributed by atoms with van der Waals surface area (Å²) in [7, 11) is 0. The number of piperidine rings is 1. The van der Waals surface area contributed by atoms with Gasteiger partial charge in [0.15, 0.2) is 0 Å². The van der Waals surface area contributed by atoms with Crippen LogP contribution in [0.2, 0.25) is 0 Å². The molecule has 0 saturated carbocycles. The first-order chi connectivity index (χ1) is 7.23. The molecule has 0 aliphatic carbocycles. The number of hydrogen-bond donors (Lipinski definition) is 2. The third-order valence-electron chi connectivity index (χ3n) is 3.05. The summed E-state index contributed by atoms with van der Waals surface area (Å²) in [5, 5.41) is 9.15. The molecule has 4 nitrogen and oxygen atoms in total. The lowest BCUT2D eigenvalue weighted by Crippen LogP contribution is -2.53. The van der Waals surface area contributed by atoms with Gasteiger partial charge >= 0.3 is 0 Å². The predicted octanol–water partition coefficient (Wildman–Crippen LogP) is 0.372. The van der Waals surface area contributed by atoms with Crippen LogP contribution in [0.5, 0.6) is 0 Å². The first-order valence-corrected chi connectivity index (χ1v) is 5.29. The molecule has 0 atom stereocenters. The lowest BCUT2D eigenvalue weighted by atomic mass is 9.89. The van der Waals surface area contributed by atoms with Gasteiger partial charge in [-0.25, -0.2) is 4.98 Å². The molecule has 82 valence electrons. The van der Waals surface area contributed by atoms with Gasteiger partial charge in [0, 0.05) is 24.8 Å². The van der Waals surface area contributed by atoms with Gasteiger partial charge in [0.25, 0.3) is 0 Å². The van der Waals surface area contributed by atoms with Crippen LogP contribution in [-0.4, -0.2) is 35.3 Å². The number of rotatable bonds is 2. The van der Waals surface area contributed by atoms with Gasteiger partial charge in [-0.3, -0.25) is 0 Å². The van der Waals surface area contributed by atoms with Gasteiger partial charge in [-0.1, -0.05) is 6.07 Å². The third kappa shape index (κ3) is 2.27. The molecular formula is C11H17N3O. The first-order valence-electron chi connectivity index (χ1n) is 5.29. The van der Waals surface area contributed by atoms with E-state index >= 15 is 0 Å². The molecule has 0 amide bonds. The zero-order chi connectivity index (χ0) is 10.7. The minimum Gasteiger partial charge on any atom is -0.394 e. The van der Waals surface area contributed by atoms with Gasteiger partial charge in [0.2, 0.25) is 0 Å². The zero-order valence-electron chi connectivity index (χ0n) is 8.76. The van der Waals surface area contributed by atoms with Gasteiger partial charge in [0.05, 0.1) is 6.61 Å². The minimum atomic E-state index is -0.384. The van der Waals surface area contributed by atoms with Gasteiger partial charge in [-0.2, -0.15) is 0 Å². The normalized spacial score (nSPS) is 20.3. The SMILES string of the molecule is NC1(CO)CCN(c2ccccn2)CC1. The molecule has 1 aliphatic rings. The number of aliphatic hydroxyl groups is 1. The Bertz CT molecular complexity index is 307. The summed E-state index contributed by atoms with van der Waals surface area (Å²) in [5.74, 6) is 0.998. The highest BCUT2D eigenvalue weighted by Gasteiger charge is 2.30. The Morgan fingerprint density at radius 3 is 2.67 bits per heavy atom. The molecule has 2 rings (SSSR count). The number of nitrogens with two attached hydrogens (primary N) is 1. The van der Waals surface area contributed by atoms with Crippen LogP contribution in [0.1, 0.15) is 12.8 Å². The van der Waals surface area contributed by atoms with Crippen molar-refractivity contribution in [2.45, 2.75) is 18.4 Å². The van der Waals surface area contributed by atoms with Crippen molar-refractivity contribution in [1.82, 2.24) is 4.98 Å². The van der Waals surface area contributed by atoms with Crippen LogP contribution in [0.3, 0.4) is 0 Å². The van der Waals surface area contributed by atoms with Crippen LogP contribution >= 0.6 is 0 Å². The smallest absolute Gasteiger partial charge is 0.128 e. The number of aromatic nitrogens is 1. The zero-order valence-corrected chi connectivity index (χ0v) is 8.76. The summed E-state index contributed by atoms with van der Waals surface area (Å²) >= 11 is 0. The Hall–Kier alpha value is -1.13. The van der Waals surface area contributed by atoms with Gasteiger partial charge in [-0.15, -0.1) is 0 Å². The minimum absolute atomic E-state index is 0.0725. The summed E-state index contributed by atoms with van der Waals surface area (Å²) in [6.07, 6.45) is 3.44. The molecule has 1 aromatic heterocycles. The van der Waals surface area contributed by atoms with Gasteiger partial charge < -0.3 is 15.7 Å². The van der Waals surface area contributed by atoms with Crippen molar-refractivity contribution in [3.8, 4) is 0 Å². The fourth-order valence-corrected chi connectivity index (χ4v) is 1.88. The van der Waals surface area contributed by atoms with Crippen molar-refractivity contribution in [2.75, 3.05) is 24.6 Å². The van der Waals surface area contributed by atoms with Gasteiger partial charge in [-0.05, 0) is 25.0 Å². The lowest BCUT2D eigenvalue weighted by Gasteiger charge is -2.38. The second-order valence-electron chi connectivity index (χ2n) is 4.20. The van der Waals surface area contributed by atoms with Crippen molar-refractivity contribution >= 4 is 5.82 Å². The van der Waals surface area contributed by atoms with Crippen molar-refractivity contribution in [1.29, 1.82) is 0 Å². The lowest BCUT2D eigenvalue weighted by molar-refractivity contribution is 0.170. The average Bonchev–Trinajstić information content (AvgIpc) is 2.31. The Kier molecular flexibility index (Phi) is 2.88. The molecule has 1 aromatic rings. The summed E-state index contributed by atoms with van der Waals surface area (Å²) in [4.78, 5) is 6.51. The Balaban J connectivity index is 2.00. The van der Waals surface area contributed by atoms with Crippen molar-refractivity contribution in [2.24, 2.45) is 5.73 Å². The topological polar surface area (TPSA) is 62.4 Å². The number of nitrogens with zero attached hydrogens (tertiary/aromatic N) is 2. The highest BCUT2D eigenvalue weighted by atomic mass is 16.3. The van der Waals surface area contributed by atoms with E-state index in [2.05, 4.69) is 9.88 Å². The Labute approximate surface area is 89.7 Å². The molecule has 1 fully saturated rings. The summed E-state index contributed by atoms with van der Waals surface area (Å²) in [5.41, 5.74) is 5.62. The summed E-state index contributed by atoms with van der Waals surface area (Å²) in [6.45, 7) is 1.81. The molecule has 0 unspecified atom stereocenters. The monoisotopic (exact) mass is 207 g/mol. The van der Waals surface area contributed by atoms with Crippen LogP contribution in [0, 0.1) is 0 Å². The summed E-state index contributed by atoms with van der Waals surface area (Å²) < 4.78 is 0. The molecular weight excluding hydrogens is 190 g/mol. The van der Waals surface area contributed by atoms with Crippen LogP contribution in [0.25, 0.3) is 0 Å². The van der Waals surface area contributed by atoms with Gasteiger partial charge in [0.1, 0.15) is 5.82 Å². The number of hydrogen-bond acceptors (Lipinski definition) is 4. The second kappa shape index (κ2) is 4.16. The highest BCUT2D eigenvalue weighted by Crippen LogP contribution is 2.22. The fourth-order valence-electron chi connectivity index (χ4n) is 1.88. The van der Waals surface area contributed by atoms with Crippen LogP contribution in [0.4, 0.5) is 5.82 Å². The molecule has 0 aromatic carbocycles. The van der Waals surface area contributed by atoms with E-state index in [0.29, 0.717) is 0 Å². The molecule has 0 radical (unpaired) electrons. The largest absolute Gasteiger partial charge is 0.394 e.